The molecule has 0 heterocycles. The van der Waals surface area contributed by atoms with Gasteiger partial charge in [0.15, 0.2) is 0 Å². The van der Waals surface area contributed by atoms with Crippen molar-refractivity contribution in [3.63, 3.8) is 0 Å². The zero-order chi connectivity index (χ0) is 19.1. The summed E-state index contributed by atoms with van der Waals surface area (Å²) in [6, 6.07) is 21.8. The number of nitrogens with one attached hydrogen (secondary N) is 1. The quantitative estimate of drug-likeness (QED) is 0.580. The number of hydrogen-bond donors (Lipinski definition) is 1. The fourth-order valence-corrected chi connectivity index (χ4v) is 3.11. The molecule has 27 heavy (non-hydrogen) atoms. The van der Waals surface area contributed by atoms with Crippen molar-refractivity contribution in [3.8, 4) is 11.5 Å². The third kappa shape index (κ3) is 5.00. The first-order chi connectivity index (χ1) is 13.2. The molecular weight excluding hydrogens is 338 g/mol. The highest BCUT2D eigenvalue weighted by Gasteiger charge is 2.12. The van der Waals surface area contributed by atoms with E-state index in [9.17, 15) is 4.79 Å². The number of amides is 1. The lowest BCUT2D eigenvalue weighted by molar-refractivity contribution is -0.121. The Bertz CT molecular complexity index is 884. The molecule has 4 nitrogen and oxygen atoms in total. The van der Waals surface area contributed by atoms with Crippen molar-refractivity contribution in [2.75, 3.05) is 13.7 Å². The summed E-state index contributed by atoms with van der Waals surface area (Å²) in [6.45, 7) is 2.52. The maximum atomic E-state index is 12.3. The topological polar surface area (TPSA) is 47.6 Å². The van der Waals surface area contributed by atoms with Crippen LogP contribution in [-0.4, -0.2) is 19.6 Å². The number of methoxy groups -OCH3 is 1. The lowest BCUT2D eigenvalue weighted by Crippen LogP contribution is -2.26. The molecular formula is C23H25NO3. The fraction of sp³-hybridized carbons (Fsp3) is 0.261. The second kappa shape index (κ2) is 9.08. The Morgan fingerprint density at radius 2 is 1.67 bits per heavy atom. The molecule has 0 bridgehead atoms. The van der Waals surface area contributed by atoms with Gasteiger partial charge >= 0.3 is 0 Å². The molecule has 140 valence electrons. The molecule has 0 aliphatic rings. The molecule has 3 aromatic rings. The lowest BCUT2D eigenvalue weighted by atomic mass is 9.99. The van der Waals surface area contributed by atoms with Gasteiger partial charge in [-0.2, -0.15) is 0 Å². The smallest absolute Gasteiger partial charge is 0.220 e. The summed E-state index contributed by atoms with van der Waals surface area (Å²) >= 11 is 0. The average Bonchev–Trinajstić information content (AvgIpc) is 2.71. The molecule has 4 heteroatoms. The zero-order valence-corrected chi connectivity index (χ0v) is 15.8. The van der Waals surface area contributed by atoms with E-state index in [0.29, 0.717) is 19.4 Å². The Kier molecular flexibility index (Phi) is 6.31. The summed E-state index contributed by atoms with van der Waals surface area (Å²) in [7, 11) is 1.63. The molecule has 0 fully saturated rings. The van der Waals surface area contributed by atoms with Gasteiger partial charge < -0.3 is 14.8 Å². The highest BCUT2D eigenvalue weighted by atomic mass is 16.5. The third-order valence-corrected chi connectivity index (χ3v) is 4.54. The van der Waals surface area contributed by atoms with Crippen LogP contribution >= 0.6 is 0 Å². The van der Waals surface area contributed by atoms with Crippen LogP contribution in [0.15, 0.2) is 66.7 Å². The fourth-order valence-electron chi connectivity index (χ4n) is 3.11. The monoisotopic (exact) mass is 363 g/mol. The number of benzene rings is 3. The molecule has 0 spiro atoms. The molecule has 1 N–H and O–H groups in total. The van der Waals surface area contributed by atoms with E-state index in [1.807, 2.05) is 49.4 Å². The number of ether oxygens (including phenoxy) is 2. The van der Waals surface area contributed by atoms with Crippen molar-refractivity contribution in [1.29, 1.82) is 0 Å². The van der Waals surface area contributed by atoms with Crippen LogP contribution in [0.2, 0.25) is 0 Å². The van der Waals surface area contributed by atoms with E-state index in [-0.39, 0.29) is 11.9 Å². The summed E-state index contributed by atoms with van der Waals surface area (Å²) in [5.41, 5.74) is 1.14. The average molecular weight is 363 g/mol. The third-order valence-electron chi connectivity index (χ3n) is 4.54. The van der Waals surface area contributed by atoms with E-state index in [1.54, 1.807) is 7.11 Å². The van der Waals surface area contributed by atoms with Gasteiger partial charge in [0.1, 0.15) is 11.5 Å². The van der Waals surface area contributed by atoms with Gasteiger partial charge in [-0.25, -0.2) is 0 Å². The van der Waals surface area contributed by atoms with E-state index >= 15 is 0 Å². The number of hydrogen-bond acceptors (Lipinski definition) is 3. The van der Waals surface area contributed by atoms with Gasteiger partial charge in [0.25, 0.3) is 0 Å². The van der Waals surface area contributed by atoms with Crippen LogP contribution in [0.4, 0.5) is 0 Å². The predicted octanol–water partition coefficient (Wildman–Crippen LogP) is 4.88. The summed E-state index contributed by atoms with van der Waals surface area (Å²) in [6.07, 6.45) is 1.10. The minimum atomic E-state index is -0.0360. The van der Waals surface area contributed by atoms with E-state index in [2.05, 4.69) is 29.6 Å². The van der Waals surface area contributed by atoms with Crippen molar-refractivity contribution in [1.82, 2.24) is 5.32 Å². The van der Waals surface area contributed by atoms with Crippen LogP contribution in [0.25, 0.3) is 10.8 Å². The number of fused-ring (bicyclic) bond motifs is 1. The molecule has 0 aliphatic heterocycles. The van der Waals surface area contributed by atoms with Gasteiger partial charge in [0.2, 0.25) is 5.91 Å². The highest BCUT2D eigenvalue weighted by Crippen LogP contribution is 2.24. The Morgan fingerprint density at radius 3 is 2.44 bits per heavy atom. The molecule has 0 saturated carbocycles. The minimum Gasteiger partial charge on any atom is -0.497 e. The van der Waals surface area contributed by atoms with Crippen molar-refractivity contribution in [2.24, 2.45) is 0 Å². The molecule has 3 rings (SSSR count). The minimum absolute atomic E-state index is 0.0359. The largest absolute Gasteiger partial charge is 0.497 e. The molecule has 1 atom stereocenters. The van der Waals surface area contributed by atoms with Crippen LogP contribution in [0.1, 0.15) is 31.4 Å². The number of carbonyl (C=O) groups is 1. The molecule has 1 unspecified atom stereocenters. The van der Waals surface area contributed by atoms with Crippen LogP contribution in [0.5, 0.6) is 11.5 Å². The lowest BCUT2D eigenvalue weighted by Gasteiger charge is -2.17. The van der Waals surface area contributed by atoms with Gasteiger partial charge in [-0.05, 0) is 53.9 Å². The SMILES string of the molecule is COc1ccc(OCCCC(=O)NC(C)c2cccc3ccccc23)cc1. The van der Waals surface area contributed by atoms with E-state index in [4.69, 9.17) is 9.47 Å². The standard InChI is InChI=1S/C23H25NO3/c1-17(21-10-5-8-18-7-3-4-9-22(18)21)24-23(25)11-6-16-27-20-14-12-19(26-2)13-15-20/h3-5,7-10,12-15,17H,6,11,16H2,1-2H3,(H,24,25). The van der Waals surface area contributed by atoms with Crippen LogP contribution < -0.4 is 14.8 Å². The van der Waals surface area contributed by atoms with Gasteiger partial charge in [0, 0.05) is 6.42 Å². The Balaban J connectivity index is 1.47. The van der Waals surface area contributed by atoms with Crippen LogP contribution in [-0.2, 0) is 4.79 Å². The zero-order valence-electron chi connectivity index (χ0n) is 15.8. The second-order valence-corrected chi connectivity index (χ2v) is 6.49. The summed E-state index contributed by atoms with van der Waals surface area (Å²) < 4.78 is 10.8. The number of carbonyl (C=O) groups excluding carboxylic acids is 1. The second-order valence-electron chi connectivity index (χ2n) is 6.49. The first-order valence-electron chi connectivity index (χ1n) is 9.21. The summed E-state index contributed by atoms with van der Waals surface area (Å²) in [5, 5.41) is 5.45. The Morgan fingerprint density at radius 1 is 0.963 bits per heavy atom. The van der Waals surface area contributed by atoms with Gasteiger partial charge in [-0.15, -0.1) is 0 Å². The summed E-state index contributed by atoms with van der Waals surface area (Å²) in [5.74, 6) is 1.61. The number of rotatable bonds is 8. The predicted molar refractivity (Wildman–Crippen MR) is 108 cm³/mol. The van der Waals surface area contributed by atoms with Gasteiger partial charge in [0.05, 0.1) is 19.8 Å². The van der Waals surface area contributed by atoms with Crippen molar-refractivity contribution < 1.29 is 14.3 Å². The maximum Gasteiger partial charge on any atom is 0.220 e. The van der Waals surface area contributed by atoms with Crippen molar-refractivity contribution >= 4 is 16.7 Å². The van der Waals surface area contributed by atoms with Crippen molar-refractivity contribution in [3.05, 3.63) is 72.3 Å². The molecule has 3 aromatic carbocycles. The van der Waals surface area contributed by atoms with E-state index < -0.39 is 0 Å². The Labute approximate surface area is 160 Å². The van der Waals surface area contributed by atoms with E-state index in [0.717, 1.165) is 17.1 Å². The molecule has 0 saturated heterocycles. The molecule has 0 aliphatic carbocycles. The van der Waals surface area contributed by atoms with Crippen molar-refractivity contribution in [2.45, 2.75) is 25.8 Å². The molecule has 0 aromatic heterocycles. The summed E-state index contributed by atoms with van der Waals surface area (Å²) in [4.78, 5) is 12.3. The van der Waals surface area contributed by atoms with Crippen LogP contribution in [0, 0.1) is 0 Å². The first kappa shape index (κ1) is 18.8. The van der Waals surface area contributed by atoms with Crippen LogP contribution in [0.3, 0.4) is 0 Å². The Hall–Kier alpha value is -3.01. The first-order valence-corrected chi connectivity index (χ1v) is 9.21. The van der Waals surface area contributed by atoms with Gasteiger partial charge in [-0.1, -0.05) is 42.5 Å². The maximum absolute atomic E-state index is 12.3. The van der Waals surface area contributed by atoms with E-state index in [1.165, 1.54) is 10.8 Å². The normalized spacial score (nSPS) is 11.8. The highest BCUT2D eigenvalue weighted by molar-refractivity contribution is 5.86. The molecule has 0 radical (unpaired) electrons. The molecule has 1 amide bonds. The van der Waals surface area contributed by atoms with Gasteiger partial charge in [-0.3, -0.25) is 4.79 Å².